The molecule has 0 saturated heterocycles. The molecule has 29 heavy (non-hydrogen) atoms. The van der Waals surface area contributed by atoms with Gasteiger partial charge in [-0.15, -0.1) is 0 Å². The van der Waals surface area contributed by atoms with Crippen molar-refractivity contribution in [3.8, 4) is 0 Å². The minimum Gasteiger partial charge on any atom is -0.390 e. The Morgan fingerprint density at radius 2 is 0.862 bits per heavy atom. The highest BCUT2D eigenvalue weighted by Crippen LogP contribution is 2.33. The summed E-state index contributed by atoms with van der Waals surface area (Å²) in [5, 5.41) is 39.9. The van der Waals surface area contributed by atoms with Gasteiger partial charge in [0.25, 0.3) is 0 Å². The van der Waals surface area contributed by atoms with Crippen molar-refractivity contribution in [3.63, 3.8) is 0 Å². The van der Waals surface area contributed by atoms with Crippen LogP contribution in [0.4, 0.5) is 0 Å². The van der Waals surface area contributed by atoms with Gasteiger partial charge >= 0.3 is 0 Å². The first-order valence-electron chi connectivity index (χ1n) is 8.75. The molecule has 2 aromatic rings. The van der Waals surface area contributed by atoms with Gasteiger partial charge in [0.05, 0.1) is 12.2 Å². The largest absolute Gasteiger partial charge is 0.390 e. The molecule has 2 aromatic carbocycles. The summed E-state index contributed by atoms with van der Waals surface area (Å²) in [4.78, 5) is 0. The van der Waals surface area contributed by atoms with E-state index in [0.29, 0.717) is 44.1 Å². The van der Waals surface area contributed by atoms with Gasteiger partial charge in [-0.1, -0.05) is 79.8 Å². The normalized spacial score (nSPS) is 14.7. The first-order valence-corrected chi connectivity index (χ1v) is 10.3. The Balaban J connectivity index is 0.000000523. The third-order valence-electron chi connectivity index (χ3n) is 4.16. The lowest BCUT2D eigenvalue weighted by molar-refractivity contribution is 0.0166. The van der Waals surface area contributed by atoms with Gasteiger partial charge in [-0.05, 0) is 37.1 Å². The number of hydrogen-bond donors (Lipinski definition) is 4. The van der Waals surface area contributed by atoms with Crippen LogP contribution >= 0.6 is 46.4 Å². The van der Waals surface area contributed by atoms with E-state index in [0.717, 1.165) is 0 Å². The molecular weight excluding hydrogens is 458 g/mol. The minimum absolute atomic E-state index is 0. The number of rotatable bonds is 6. The predicted octanol–water partition coefficient (Wildman–Crippen LogP) is 6.23. The first kappa shape index (κ1) is 28.4. The third kappa shape index (κ3) is 7.89. The second-order valence-electron chi connectivity index (χ2n) is 6.11. The van der Waals surface area contributed by atoms with Crippen LogP contribution in [0, 0.1) is 0 Å². The Kier molecular flexibility index (Phi) is 13.4. The van der Waals surface area contributed by atoms with Crippen LogP contribution in [-0.2, 0) is 0 Å². The number of aliphatic hydroxyl groups excluding tert-OH is 4. The lowest BCUT2D eigenvalue weighted by Crippen LogP contribution is -2.17. The number of hydrogen-bond acceptors (Lipinski definition) is 4. The maximum atomic E-state index is 9.73. The second kappa shape index (κ2) is 13.7. The van der Waals surface area contributed by atoms with Crippen molar-refractivity contribution in [1.82, 2.24) is 0 Å². The van der Waals surface area contributed by atoms with E-state index in [4.69, 9.17) is 46.4 Å². The molecule has 0 aromatic heterocycles. The van der Waals surface area contributed by atoms with E-state index in [9.17, 15) is 20.4 Å². The summed E-state index contributed by atoms with van der Waals surface area (Å²) in [7, 11) is 0. The number of halogens is 4. The summed E-state index contributed by atoms with van der Waals surface area (Å²) in [5.74, 6) is 0. The maximum absolute atomic E-state index is 9.73. The van der Waals surface area contributed by atoms with Gasteiger partial charge in [-0.25, -0.2) is 0 Å². The molecule has 0 aliphatic carbocycles. The van der Waals surface area contributed by atoms with Crippen molar-refractivity contribution in [2.75, 3.05) is 0 Å². The quantitative estimate of drug-likeness (QED) is 0.390. The molecule has 0 unspecified atom stereocenters. The first-order chi connectivity index (χ1) is 13.1. The van der Waals surface area contributed by atoms with Crippen molar-refractivity contribution in [2.24, 2.45) is 0 Å². The SMILES string of the molecule is C.CC[C@@H](O)[C@H](O)c1c(Cl)cccc1Cl.CC[C@H](O)[C@@H](O)c1c(Cl)cccc1Cl. The van der Waals surface area contributed by atoms with Crippen molar-refractivity contribution >= 4 is 46.4 Å². The van der Waals surface area contributed by atoms with Gasteiger partial charge in [0.1, 0.15) is 12.2 Å². The molecule has 164 valence electrons. The summed E-state index contributed by atoms with van der Waals surface area (Å²) in [5.41, 5.74) is 0.787. The lowest BCUT2D eigenvalue weighted by atomic mass is 10.0. The highest BCUT2D eigenvalue weighted by molar-refractivity contribution is 6.36. The molecular formula is C21H28Cl4O4. The second-order valence-corrected chi connectivity index (χ2v) is 7.74. The lowest BCUT2D eigenvalue weighted by Gasteiger charge is -2.18. The standard InChI is InChI=1S/2C10H12Cl2O2.CH4/c2*1-2-8(13)10(14)9-6(11)4-3-5-7(9)12;/h2*3-5,8,10,13-14H,2H2,1H3;1H4/t2*8-,10+;/m10./s1. The molecule has 8 heteroatoms. The summed E-state index contributed by atoms with van der Waals surface area (Å²) < 4.78 is 0. The van der Waals surface area contributed by atoms with Gasteiger partial charge in [0.2, 0.25) is 0 Å². The highest BCUT2D eigenvalue weighted by atomic mass is 35.5. The molecule has 0 aliphatic heterocycles. The van der Waals surface area contributed by atoms with E-state index in [1.54, 1.807) is 50.2 Å². The zero-order valence-corrected chi connectivity index (χ0v) is 18.5. The average molecular weight is 486 g/mol. The summed E-state index contributed by atoms with van der Waals surface area (Å²) in [6, 6.07) is 9.92. The summed E-state index contributed by atoms with van der Waals surface area (Å²) in [6.07, 6.45) is -2.84. The van der Waals surface area contributed by atoms with Crippen LogP contribution in [0.5, 0.6) is 0 Å². The summed E-state index contributed by atoms with van der Waals surface area (Å²) in [6.45, 7) is 3.55. The molecule has 0 fully saturated rings. The molecule has 0 spiro atoms. The molecule has 0 radical (unpaired) electrons. The van der Waals surface area contributed by atoms with E-state index in [1.165, 1.54) is 0 Å². The van der Waals surface area contributed by atoms with Crippen LogP contribution in [0.25, 0.3) is 0 Å². The Hall–Kier alpha value is -0.560. The Morgan fingerprint density at radius 3 is 1.07 bits per heavy atom. The third-order valence-corrected chi connectivity index (χ3v) is 5.47. The molecule has 0 saturated carbocycles. The zero-order chi connectivity index (χ0) is 21.4. The van der Waals surface area contributed by atoms with Crippen molar-refractivity contribution in [1.29, 1.82) is 0 Å². The van der Waals surface area contributed by atoms with E-state index in [-0.39, 0.29) is 7.43 Å². The van der Waals surface area contributed by atoms with Gasteiger partial charge in [-0.2, -0.15) is 0 Å². The van der Waals surface area contributed by atoms with E-state index in [1.807, 2.05) is 0 Å². The molecule has 4 atom stereocenters. The zero-order valence-electron chi connectivity index (χ0n) is 15.5. The highest BCUT2D eigenvalue weighted by Gasteiger charge is 2.22. The molecule has 0 bridgehead atoms. The van der Waals surface area contributed by atoms with Crippen LogP contribution in [-0.4, -0.2) is 32.6 Å². The molecule has 0 heterocycles. The van der Waals surface area contributed by atoms with Crippen molar-refractivity contribution in [2.45, 2.75) is 58.5 Å². The smallest absolute Gasteiger partial charge is 0.108 e. The van der Waals surface area contributed by atoms with Gasteiger partial charge in [-0.3, -0.25) is 0 Å². The molecule has 4 N–H and O–H groups in total. The van der Waals surface area contributed by atoms with Gasteiger partial charge < -0.3 is 20.4 Å². The Labute approximate surface area is 192 Å². The van der Waals surface area contributed by atoms with E-state index < -0.39 is 24.4 Å². The molecule has 2 rings (SSSR count). The predicted molar refractivity (Wildman–Crippen MR) is 122 cm³/mol. The van der Waals surface area contributed by atoms with E-state index >= 15 is 0 Å². The van der Waals surface area contributed by atoms with Crippen LogP contribution in [0.1, 0.15) is 57.5 Å². The summed E-state index contributed by atoms with van der Waals surface area (Å²) >= 11 is 23.5. The topological polar surface area (TPSA) is 80.9 Å². The van der Waals surface area contributed by atoms with Crippen molar-refractivity contribution < 1.29 is 20.4 Å². The fraction of sp³-hybridized carbons (Fsp3) is 0.429. The average Bonchev–Trinajstić information content (AvgIpc) is 2.66. The van der Waals surface area contributed by atoms with Crippen LogP contribution in [0.2, 0.25) is 20.1 Å². The van der Waals surface area contributed by atoms with Crippen LogP contribution in [0.3, 0.4) is 0 Å². The van der Waals surface area contributed by atoms with Gasteiger partial charge in [0, 0.05) is 31.2 Å². The van der Waals surface area contributed by atoms with Crippen LogP contribution in [0.15, 0.2) is 36.4 Å². The monoisotopic (exact) mass is 484 g/mol. The number of benzene rings is 2. The van der Waals surface area contributed by atoms with E-state index in [2.05, 4.69) is 0 Å². The number of aliphatic hydroxyl groups is 4. The van der Waals surface area contributed by atoms with Crippen molar-refractivity contribution in [3.05, 3.63) is 67.6 Å². The molecule has 4 nitrogen and oxygen atoms in total. The fourth-order valence-corrected chi connectivity index (χ4v) is 3.66. The fourth-order valence-electron chi connectivity index (χ4n) is 2.42. The minimum atomic E-state index is -1.03. The van der Waals surface area contributed by atoms with Gasteiger partial charge in [0.15, 0.2) is 0 Å². The molecule has 0 amide bonds. The van der Waals surface area contributed by atoms with Crippen LogP contribution < -0.4 is 0 Å². The molecule has 0 aliphatic rings. The Bertz CT molecular complexity index is 653. The Morgan fingerprint density at radius 1 is 0.621 bits per heavy atom. The maximum Gasteiger partial charge on any atom is 0.108 e.